The number of nitrogens with zero attached hydrogens (tertiary/aromatic N) is 1. The number of amides is 2. The summed E-state index contributed by atoms with van der Waals surface area (Å²) in [5.41, 5.74) is 0.719. The summed E-state index contributed by atoms with van der Waals surface area (Å²) in [6, 6.07) is 0. The molecule has 0 spiro atoms. The zero-order valence-corrected chi connectivity index (χ0v) is 10.5. The van der Waals surface area contributed by atoms with Crippen LogP contribution in [-0.2, 0) is 9.59 Å². The third-order valence-corrected chi connectivity index (χ3v) is 3.73. The highest BCUT2D eigenvalue weighted by Gasteiger charge is 2.48. The molecule has 2 rings (SSSR count). The van der Waals surface area contributed by atoms with Gasteiger partial charge in [0.05, 0.1) is 11.8 Å². The summed E-state index contributed by atoms with van der Waals surface area (Å²) >= 11 is 0. The minimum absolute atomic E-state index is 0.00546. The number of hydrogen-bond donors (Lipinski definition) is 0. The van der Waals surface area contributed by atoms with Crippen LogP contribution < -0.4 is 0 Å². The highest BCUT2D eigenvalue weighted by molar-refractivity contribution is 6.07. The molecule has 1 saturated carbocycles. The second-order valence-corrected chi connectivity index (χ2v) is 4.72. The Morgan fingerprint density at radius 1 is 1.12 bits per heavy atom. The Morgan fingerprint density at radius 2 is 1.65 bits per heavy atom. The highest BCUT2D eigenvalue weighted by atomic mass is 16.2. The molecule has 0 N–H and O–H groups in total. The Morgan fingerprint density at radius 3 is 2.06 bits per heavy atom. The lowest BCUT2D eigenvalue weighted by Gasteiger charge is -2.19. The number of hydrogen-bond acceptors (Lipinski definition) is 2. The molecule has 0 aromatic rings. The number of imide groups is 1. The Kier molecular flexibility index (Phi) is 3.46. The van der Waals surface area contributed by atoms with E-state index in [1.54, 1.807) is 0 Å². The van der Waals surface area contributed by atoms with Gasteiger partial charge in [0, 0.05) is 5.70 Å². The van der Waals surface area contributed by atoms with Crippen molar-refractivity contribution in [2.75, 3.05) is 0 Å². The number of rotatable bonds is 2. The van der Waals surface area contributed by atoms with Crippen molar-refractivity contribution in [3.8, 4) is 0 Å². The van der Waals surface area contributed by atoms with E-state index in [4.69, 9.17) is 0 Å². The molecule has 3 nitrogen and oxygen atoms in total. The quantitative estimate of drug-likeness (QED) is 0.543. The fourth-order valence-electron chi connectivity index (χ4n) is 2.89. The molecule has 1 aliphatic carbocycles. The van der Waals surface area contributed by atoms with Gasteiger partial charge >= 0.3 is 0 Å². The number of carbonyl (C=O) groups excluding carboxylic acids is 2. The van der Waals surface area contributed by atoms with E-state index in [0.717, 1.165) is 31.4 Å². The van der Waals surface area contributed by atoms with Crippen LogP contribution in [0.5, 0.6) is 0 Å². The first kappa shape index (κ1) is 12.1. The third kappa shape index (κ3) is 1.94. The Labute approximate surface area is 102 Å². The van der Waals surface area contributed by atoms with Gasteiger partial charge in [-0.3, -0.25) is 14.5 Å². The van der Waals surface area contributed by atoms with Gasteiger partial charge in [0.1, 0.15) is 0 Å². The fourth-order valence-corrected chi connectivity index (χ4v) is 2.89. The first-order chi connectivity index (χ1) is 8.20. The Balaban J connectivity index is 2.30. The number of carbonyl (C=O) groups is 2. The second-order valence-electron chi connectivity index (χ2n) is 4.72. The summed E-state index contributed by atoms with van der Waals surface area (Å²) in [5, 5.41) is 0. The Hall–Kier alpha value is -1.38. The molecule has 0 bridgehead atoms. The molecule has 1 saturated heterocycles. The maximum atomic E-state index is 12.3. The molecule has 1 heterocycles. The predicted molar refractivity (Wildman–Crippen MR) is 65.9 cm³/mol. The van der Waals surface area contributed by atoms with Crippen molar-refractivity contribution in [3.63, 3.8) is 0 Å². The molecular formula is C14H19NO2. The number of allylic oxidation sites excluding steroid dienone is 3. The van der Waals surface area contributed by atoms with Crippen LogP contribution in [0, 0.1) is 11.8 Å². The smallest absolute Gasteiger partial charge is 0.237 e. The third-order valence-electron chi connectivity index (χ3n) is 3.73. The minimum atomic E-state index is -0.0588. The van der Waals surface area contributed by atoms with Gasteiger partial charge in [-0.15, -0.1) is 0 Å². The van der Waals surface area contributed by atoms with Gasteiger partial charge in [0.25, 0.3) is 0 Å². The second kappa shape index (κ2) is 4.86. The van der Waals surface area contributed by atoms with Crippen LogP contribution in [0.1, 0.15) is 39.5 Å². The van der Waals surface area contributed by atoms with Gasteiger partial charge in [-0.05, 0) is 32.8 Å². The van der Waals surface area contributed by atoms with Gasteiger partial charge in [-0.25, -0.2) is 0 Å². The zero-order chi connectivity index (χ0) is 12.4. The number of likely N-dealkylation sites (tertiary alicyclic amines) is 1. The largest absolute Gasteiger partial charge is 0.274 e. The topological polar surface area (TPSA) is 37.4 Å². The van der Waals surface area contributed by atoms with E-state index < -0.39 is 0 Å². The first-order valence-electron chi connectivity index (χ1n) is 6.37. The normalized spacial score (nSPS) is 30.2. The van der Waals surface area contributed by atoms with E-state index in [1.165, 1.54) is 4.90 Å². The van der Waals surface area contributed by atoms with Crippen LogP contribution in [0.25, 0.3) is 0 Å². The van der Waals surface area contributed by atoms with E-state index >= 15 is 0 Å². The van der Waals surface area contributed by atoms with Gasteiger partial charge < -0.3 is 0 Å². The average molecular weight is 233 g/mol. The summed E-state index contributed by atoms with van der Waals surface area (Å²) in [6.45, 7) is 3.75. The molecule has 2 unspecified atom stereocenters. The molecule has 1 aliphatic heterocycles. The molecule has 2 amide bonds. The van der Waals surface area contributed by atoms with E-state index in [0.29, 0.717) is 0 Å². The van der Waals surface area contributed by atoms with Crippen molar-refractivity contribution in [2.24, 2.45) is 11.8 Å². The molecule has 0 aromatic carbocycles. The maximum absolute atomic E-state index is 12.3. The number of fused-ring (bicyclic) bond motifs is 1. The molecule has 92 valence electrons. The summed E-state index contributed by atoms with van der Waals surface area (Å²) in [4.78, 5) is 25.9. The molecule has 2 aliphatic rings. The van der Waals surface area contributed by atoms with Crippen molar-refractivity contribution < 1.29 is 9.59 Å². The van der Waals surface area contributed by atoms with Crippen molar-refractivity contribution in [3.05, 3.63) is 23.9 Å². The van der Waals surface area contributed by atoms with Crippen molar-refractivity contribution in [1.82, 2.24) is 4.90 Å². The summed E-state index contributed by atoms with van der Waals surface area (Å²) in [7, 11) is 0. The Bertz CT molecular complexity index is 371. The van der Waals surface area contributed by atoms with Crippen LogP contribution in [0.15, 0.2) is 23.9 Å². The van der Waals surface area contributed by atoms with Crippen molar-refractivity contribution >= 4 is 11.8 Å². The van der Waals surface area contributed by atoms with Crippen LogP contribution in [0.4, 0.5) is 0 Å². The molecule has 2 fully saturated rings. The highest BCUT2D eigenvalue weighted by Crippen LogP contribution is 2.39. The van der Waals surface area contributed by atoms with E-state index in [2.05, 4.69) is 0 Å². The average Bonchev–Trinajstić information content (AvgIpc) is 2.61. The molecule has 2 atom stereocenters. The minimum Gasteiger partial charge on any atom is -0.274 e. The van der Waals surface area contributed by atoms with E-state index in [-0.39, 0.29) is 23.7 Å². The van der Waals surface area contributed by atoms with Crippen LogP contribution in [0.2, 0.25) is 0 Å². The molecule has 3 heteroatoms. The van der Waals surface area contributed by atoms with Crippen LogP contribution in [0.3, 0.4) is 0 Å². The lowest BCUT2D eigenvalue weighted by molar-refractivity contribution is -0.137. The van der Waals surface area contributed by atoms with E-state index in [9.17, 15) is 9.59 Å². The van der Waals surface area contributed by atoms with E-state index in [1.807, 2.05) is 32.1 Å². The lowest BCUT2D eigenvalue weighted by Crippen LogP contribution is -2.29. The predicted octanol–water partition coefficient (Wildman–Crippen LogP) is 2.64. The zero-order valence-electron chi connectivity index (χ0n) is 10.5. The van der Waals surface area contributed by atoms with Crippen molar-refractivity contribution in [1.29, 1.82) is 0 Å². The SMILES string of the molecule is C/C=C\C(=C/C)N1C(=O)C2CCCCC2C1=O. The summed E-state index contributed by atoms with van der Waals surface area (Å²) in [5.74, 6) is -0.107. The lowest BCUT2D eigenvalue weighted by atomic mass is 9.81. The molecule has 0 aromatic heterocycles. The maximum Gasteiger partial charge on any atom is 0.237 e. The van der Waals surface area contributed by atoms with Crippen molar-refractivity contribution in [2.45, 2.75) is 39.5 Å². The fraction of sp³-hybridized carbons (Fsp3) is 0.571. The molecule has 0 radical (unpaired) electrons. The monoisotopic (exact) mass is 233 g/mol. The standard InChI is InChI=1S/C14H19NO2/c1-3-7-10(4-2)15-13(16)11-8-5-6-9-12(11)14(15)17/h3-4,7,11-12H,5-6,8-9H2,1-2H3/b7-3-,10-4+. The first-order valence-corrected chi connectivity index (χ1v) is 6.37. The molecule has 17 heavy (non-hydrogen) atoms. The van der Waals surface area contributed by atoms with Crippen LogP contribution in [-0.4, -0.2) is 16.7 Å². The van der Waals surface area contributed by atoms with Gasteiger partial charge in [0.15, 0.2) is 0 Å². The van der Waals surface area contributed by atoms with Gasteiger partial charge in [-0.2, -0.15) is 0 Å². The summed E-state index contributed by atoms with van der Waals surface area (Å²) < 4.78 is 0. The van der Waals surface area contributed by atoms with Gasteiger partial charge in [0.2, 0.25) is 11.8 Å². The summed E-state index contributed by atoms with van der Waals surface area (Å²) in [6.07, 6.45) is 9.40. The van der Waals surface area contributed by atoms with Crippen LogP contribution >= 0.6 is 0 Å². The molecular weight excluding hydrogens is 214 g/mol. The van der Waals surface area contributed by atoms with Gasteiger partial charge in [-0.1, -0.05) is 25.0 Å².